The number of benzene rings is 1. The molecule has 0 aliphatic heterocycles. The molecule has 0 unspecified atom stereocenters. The Hall–Kier alpha value is -2.32. The van der Waals surface area contributed by atoms with Gasteiger partial charge in [0.1, 0.15) is 0 Å². The number of carbonyl (C=O) groups excluding carboxylic acids is 2. The smallest absolute Gasteiger partial charge is 0.338 e. The van der Waals surface area contributed by atoms with Crippen molar-refractivity contribution in [3.8, 4) is 0 Å². The molecule has 0 amide bonds. The number of carbonyl (C=O) groups is 2. The summed E-state index contributed by atoms with van der Waals surface area (Å²) in [5.41, 5.74) is 4.26. The molecule has 4 heteroatoms. The van der Waals surface area contributed by atoms with E-state index in [9.17, 15) is 9.59 Å². The van der Waals surface area contributed by atoms with E-state index < -0.39 is 11.9 Å². The van der Waals surface area contributed by atoms with Crippen LogP contribution >= 0.6 is 0 Å². The maximum atomic E-state index is 11.2. The first-order valence-electron chi connectivity index (χ1n) is 5.56. The van der Waals surface area contributed by atoms with Crippen molar-refractivity contribution in [2.24, 2.45) is 0 Å². The maximum Gasteiger partial charge on any atom is 0.338 e. The Bertz CT molecular complexity index is 458. The molecule has 19 heavy (non-hydrogen) atoms. The lowest BCUT2D eigenvalue weighted by atomic mass is 10.1. The fourth-order valence-electron chi connectivity index (χ4n) is 1.06. The lowest BCUT2D eigenvalue weighted by Gasteiger charge is -2.04. The van der Waals surface area contributed by atoms with E-state index in [0.717, 1.165) is 5.57 Å². The quantitative estimate of drug-likeness (QED) is 0.607. The van der Waals surface area contributed by atoms with Gasteiger partial charge in [0.2, 0.25) is 0 Å². The number of esters is 2. The molecule has 0 spiro atoms. The second-order valence-electron chi connectivity index (χ2n) is 3.71. The SMILES string of the molecule is C=C=C(C)C.COC(=O)c1ccccc1C(=O)OC. The molecule has 0 aliphatic carbocycles. The van der Waals surface area contributed by atoms with E-state index >= 15 is 0 Å². The van der Waals surface area contributed by atoms with Gasteiger partial charge >= 0.3 is 11.9 Å². The number of methoxy groups -OCH3 is 2. The number of rotatable bonds is 2. The van der Waals surface area contributed by atoms with Gasteiger partial charge in [0, 0.05) is 0 Å². The fraction of sp³-hybridized carbons (Fsp3) is 0.267. The van der Waals surface area contributed by atoms with Crippen LogP contribution < -0.4 is 0 Å². The highest BCUT2D eigenvalue weighted by Crippen LogP contribution is 2.10. The zero-order valence-electron chi connectivity index (χ0n) is 11.6. The maximum absolute atomic E-state index is 11.2. The average molecular weight is 262 g/mol. The standard InChI is InChI=1S/C10H10O4.C5H8/c1-13-9(11)7-5-3-4-6-8(7)10(12)14-2;1-4-5(2)3/h3-6H,1-2H3;1H2,2-3H3. The molecule has 0 bridgehead atoms. The highest BCUT2D eigenvalue weighted by molar-refractivity contribution is 6.02. The molecule has 1 rings (SSSR count). The lowest BCUT2D eigenvalue weighted by Crippen LogP contribution is -2.11. The zero-order valence-corrected chi connectivity index (χ0v) is 11.6. The van der Waals surface area contributed by atoms with Gasteiger partial charge < -0.3 is 9.47 Å². The highest BCUT2D eigenvalue weighted by Gasteiger charge is 2.16. The summed E-state index contributed by atoms with van der Waals surface area (Å²) in [6, 6.07) is 6.33. The third kappa shape index (κ3) is 5.70. The highest BCUT2D eigenvalue weighted by atomic mass is 16.5. The van der Waals surface area contributed by atoms with Gasteiger partial charge in [-0.1, -0.05) is 18.7 Å². The van der Waals surface area contributed by atoms with Crippen molar-refractivity contribution in [1.29, 1.82) is 0 Å². The fourth-order valence-corrected chi connectivity index (χ4v) is 1.06. The van der Waals surface area contributed by atoms with Crippen molar-refractivity contribution < 1.29 is 19.1 Å². The number of hydrogen-bond donors (Lipinski definition) is 0. The van der Waals surface area contributed by atoms with E-state index in [1.807, 2.05) is 13.8 Å². The summed E-state index contributed by atoms with van der Waals surface area (Å²) < 4.78 is 9.05. The molecule has 102 valence electrons. The molecule has 0 heterocycles. The molecule has 1 aromatic carbocycles. The van der Waals surface area contributed by atoms with E-state index in [1.165, 1.54) is 26.4 Å². The first kappa shape index (κ1) is 16.7. The van der Waals surface area contributed by atoms with Crippen LogP contribution in [0.25, 0.3) is 0 Å². The van der Waals surface area contributed by atoms with Gasteiger partial charge in [-0.05, 0) is 31.6 Å². The van der Waals surface area contributed by atoms with Crippen molar-refractivity contribution in [2.45, 2.75) is 13.8 Å². The van der Waals surface area contributed by atoms with Crippen LogP contribution in [0.2, 0.25) is 0 Å². The van der Waals surface area contributed by atoms with Gasteiger partial charge in [0.05, 0.1) is 25.3 Å². The minimum atomic E-state index is -0.550. The number of hydrogen-bond acceptors (Lipinski definition) is 4. The van der Waals surface area contributed by atoms with E-state index in [4.69, 9.17) is 0 Å². The van der Waals surface area contributed by atoms with Crippen LogP contribution in [0.15, 0.2) is 42.1 Å². The van der Waals surface area contributed by atoms with Gasteiger partial charge in [-0.3, -0.25) is 0 Å². The summed E-state index contributed by atoms with van der Waals surface area (Å²) in [4.78, 5) is 22.4. The van der Waals surface area contributed by atoms with Crippen molar-refractivity contribution in [3.63, 3.8) is 0 Å². The van der Waals surface area contributed by atoms with Gasteiger partial charge in [0.15, 0.2) is 0 Å². The van der Waals surface area contributed by atoms with Gasteiger partial charge in [-0.15, -0.1) is 5.73 Å². The van der Waals surface area contributed by atoms with Crippen LogP contribution in [0.3, 0.4) is 0 Å². The summed E-state index contributed by atoms with van der Waals surface area (Å²) in [5.74, 6) is -1.10. The molecule has 0 radical (unpaired) electrons. The summed E-state index contributed by atoms with van der Waals surface area (Å²) in [6.07, 6.45) is 0. The van der Waals surface area contributed by atoms with Crippen molar-refractivity contribution in [3.05, 3.63) is 53.3 Å². The molecular formula is C15H18O4. The minimum Gasteiger partial charge on any atom is -0.465 e. The zero-order chi connectivity index (χ0) is 14.8. The molecule has 0 aliphatic rings. The van der Waals surface area contributed by atoms with Gasteiger partial charge in [-0.25, -0.2) is 9.59 Å². The normalized spacial score (nSPS) is 8.42. The molecule has 0 N–H and O–H groups in total. The largest absolute Gasteiger partial charge is 0.465 e. The van der Waals surface area contributed by atoms with Crippen LogP contribution in [-0.2, 0) is 9.47 Å². The third-order valence-corrected chi connectivity index (χ3v) is 2.09. The van der Waals surface area contributed by atoms with Crippen molar-refractivity contribution in [2.75, 3.05) is 14.2 Å². The summed E-state index contributed by atoms with van der Waals surface area (Å²) in [7, 11) is 2.52. The predicted molar refractivity (Wildman–Crippen MR) is 73.1 cm³/mol. The Morgan fingerprint density at radius 1 is 1.00 bits per heavy atom. The Labute approximate surface area is 113 Å². The van der Waals surface area contributed by atoms with Crippen LogP contribution in [0, 0.1) is 0 Å². The van der Waals surface area contributed by atoms with Crippen LogP contribution in [0.1, 0.15) is 34.6 Å². The van der Waals surface area contributed by atoms with Gasteiger partial charge in [0.25, 0.3) is 0 Å². The van der Waals surface area contributed by atoms with Gasteiger partial charge in [-0.2, -0.15) is 0 Å². The molecule has 0 saturated heterocycles. The molecule has 0 saturated carbocycles. The van der Waals surface area contributed by atoms with Crippen LogP contribution in [0.5, 0.6) is 0 Å². The second-order valence-corrected chi connectivity index (χ2v) is 3.71. The Morgan fingerprint density at radius 3 is 1.53 bits per heavy atom. The Kier molecular flexibility index (Phi) is 7.66. The summed E-state index contributed by atoms with van der Waals surface area (Å²) in [5, 5.41) is 0. The topological polar surface area (TPSA) is 52.6 Å². The number of ether oxygens (including phenoxy) is 2. The van der Waals surface area contributed by atoms with E-state index in [2.05, 4.69) is 21.8 Å². The first-order valence-corrected chi connectivity index (χ1v) is 5.56. The molecular weight excluding hydrogens is 244 g/mol. The molecule has 0 fully saturated rings. The summed E-state index contributed by atoms with van der Waals surface area (Å²) >= 11 is 0. The Morgan fingerprint density at radius 2 is 1.32 bits per heavy atom. The van der Waals surface area contributed by atoms with Crippen LogP contribution in [-0.4, -0.2) is 26.2 Å². The van der Waals surface area contributed by atoms with Crippen molar-refractivity contribution in [1.82, 2.24) is 0 Å². The minimum absolute atomic E-state index is 0.210. The van der Waals surface area contributed by atoms with E-state index in [-0.39, 0.29) is 11.1 Å². The first-order chi connectivity index (χ1) is 8.97. The Balaban J connectivity index is 0.000000555. The predicted octanol–water partition coefficient (Wildman–Crippen LogP) is 3.00. The van der Waals surface area contributed by atoms with Crippen molar-refractivity contribution >= 4 is 11.9 Å². The monoisotopic (exact) mass is 262 g/mol. The second kappa shape index (κ2) is 8.72. The number of allylic oxidation sites excluding steroid dienone is 1. The van der Waals surface area contributed by atoms with E-state index in [0.29, 0.717) is 0 Å². The molecule has 4 nitrogen and oxygen atoms in total. The average Bonchev–Trinajstić information content (AvgIpc) is 2.46. The third-order valence-electron chi connectivity index (χ3n) is 2.09. The lowest BCUT2D eigenvalue weighted by molar-refractivity contribution is 0.0555. The molecule has 0 aromatic heterocycles. The molecule has 0 atom stereocenters. The molecule has 1 aromatic rings. The van der Waals surface area contributed by atoms with Crippen LogP contribution in [0.4, 0.5) is 0 Å². The summed E-state index contributed by atoms with van der Waals surface area (Å²) in [6.45, 7) is 7.33. The van der Waals surface area contributed by atoms with E-state index in [1.54, 1.807) is 12.1 Å².